The summed E-state index contributed by atoms with van der Waals surface area (Å²) in [5, 5.41) is 2.89. The normalized spacial score (nSPS) is 13.4. The number of nitrogens with two attached hydrogens (primary N) is 1. The molecule has 0 bridgehead atoms. The predicted octanol–water partition coefficient (Wildman–Crippen LogP) is 3.41. The van der Waals surface area contributed by atoms with Crippen molar-refractivity contribution in [2.45, 2.75) is 33.7 Å². The molecule has 18 heavy (non-hydrogen) atoms. The van der Waals surface area contributed by atoms with Crippen LogP contribution in [0.4, 0.5) is 5.69 Å². The van der Waals surface area contributed by atoms with Crippen molar-refractivity contribution >= 4 is 39.9 Å². The van der Waals surface area contributed by atoms with Gasteiger partial charge in [-0.15, -0.1) is 12.4 Å². The van der Waals surface area contributed by atoms with E-state index < -0.39 is 0 Å². The molecule has 102 valence electrons. The van der Waals surface area contributed by atoms with Crippen molar-refractivity contribution in [2.24, 2.45) is 11.7 Å². The fourth-order valence-electron chi connectivity index (χ4n) is 1.51. The molecule has 1 aromatic rings. The smallest absolute Gasteiger partial charge is 0.228 e. The van der Waals surface area contributed by atoms with E-state index in [4.69, 9.17) is 5.73 Å². The third-order valence-corrected chi connectivity index (χ3v) is 4.16. The molecule has 0 aliphatic rings. The van der Waals surface area contributed by atoms with Gasteiger partial charge in [0.05, 0.1) is 5.92 Å². The van der Waals surface area contributed by atoms with E-state index in [-0.39, 0.29) is 30.3 Å². The largest absolute Gasteiger partial charge is 0.327 e. The van der Waals surface area contributed by atoms with Crippen molar-refractivity contribution in [2.75, 3.05) is 5.32 Å². The Labute approximate surface area is 123 Å². The molecule has 1 rings (SSSR count). The highest BCUT2D eigenvalue weighted by Crippen LogP contribution is 2.25. The van der Waals surface area contributed by atoms with E-state index in [1.165, 1.54) is 0 Å². The van der Waals surface area contributed by atoms with Crippen molar-refractivity contribution in [1.29, 1.82) is 0 Å². The minimum Gasteiger partial charge on any atom is -0.327 e. The molecule has 3 nitrogen and oxygen atoms in total. The minimum atomic E-state index is -0.195. The average molecular weight is 336 g/mol. The molecule has 1 amide bonds. The average Bonchev–Trinajstić information content (AvgIpc) is 2.24. The summed E-state index contributed by atoms with van der Waals surface area (Å²) in [6.07, 6.45) is 0. The Kier molecular flexibility index (Phi) is 6.89. The van der Waals surface area contributed by atoms with Crippen LogP contribution in [0.5, 0.6) is 0 Å². The van der Waals surface area contributed by atoms with Gasteiger partial charge in [-0.1, -0.05) is 22.9 Å². The first kappa shape index (κ1) is 17.4. The zero-order valence-electron chi connectivity index (χ0n) is 11.1. The maximum atomic E-state index is 11.9. The van der Waals surface area contributed by atoms with Gasteiger partial charge in [0.1, 0.15) is 0 Å². The fourth-order valence-corrected chi connectivity index (χ4v) is 1.74. The Hall–Kier alpha value is -0.580. The highest BCUT2D eigenvalue weighted by atomic mass is 79.9. The zero-order valence-corrected chi connectivity index (χ0v) is 13.5. The molecule has 2 atom stereocenters. The van der Waals surface area contributed by atoms with Gasteiger partial charge in [0.15, 0.2) is 0 Å². The molecule has 0 fully saturated rings. The van der Waals surface area contributed by atoms with Crippen molar-refractivity contribution in [3.8, 4) is 0 Å². The monoisotopic (exact) mass is 334 g/mol. The highest BCUT2D eigenvalue weighted by molar-refractivity contribution is 9.10. The number of hydrogen-bond acceptors (Lipinski definition) is 2. The molecule has 0 aliphatic carbocycles. The van der Waals surface area contributed by atoms with Gasteiger partial charge in [0.25, 0.3) is 0 Å². The molecular formula is C13H20BrClN2O. The third-order valence-electron chi connectivity index (χ3n) is 2.91. The van der Waals surface area contributed by atoms with Gasteiger partial charge in [-0.3, -0.25) is 4.79 Å². The summed E-state index contributed by atoms with van der Waals surface area (Å²) >= 11 is 3.50. The predicted molar refractivity (Wildman–Crippen MR) is 82.3 cm³/mol. The van der Waals surface area contributed by atoms with E-state index in [1.54, 1.807) is 0 Å². The van der Waals surface area contributed by atoms with E-state index in [2.05, 4.69) is 21.2 Å². The number of carbonyl (C=O) groups excluding carboxylic acids is 1. The van der Waals surface area contributed by atoms with Crippen LogP contribution in [0.15, 0.2) is 16.6 Å². The molecule has 0 saturated heterocycles. The van der Waals surface area contributed by atoms with Crippen LogP contribution >= 0.6 is 28.3 Å². The Morgan fingerprint density at radius 3 is 2.11 bits per heavy atom. The van der Waals surface area contributed by atoms with Gasteiger partial charge in [-0.2, -0.15) is 0 Å². The van der Waals surface area contributed by atoms with Crippen LogP contribution in [0.1, 0.15) is 25.0 Å². The van der Waals surface area contributed by atoms with E-state index in [0.29, 0.717) is 0 Å². The lowest BCUT2D eigenvalue weighted by molar-refractivity contribution is -0.119. The second kappa shape index (κ2) is 7.12. The molecule has 0 saturated carbocycles. The number of carbonyl (C=O) groups is 1. The minimum absolute atomic E-state index is 0. The maximum absolute atomic E-state index is 11.9. The van der Waals surface area contributed by atoms with Gasteiger partial charge < -0.3 is 11.1 Å². The van der Waals surface area contributed by atoms with Gasteiger partial charge >= 0.3 is 0 Å². The SMILES string of the molecule is Cc1cc(NC(=O)C(C)C(C)N)cc(C)c1Br.Cl. The molecular weight excluding hydrogens is 316 g/mol. The lowest BCUT2D eigenvalue weighted by Gasteiger charge is -2.16. The van der Waals surface area contributed by atoms with Crippen LogP contribution < -0.4 is 11.1 Å². The summed E-state index contributed by atoms with van der Waals surface area (Å²) in [4.78, 5) is 11.9. The van der Waals surface area contributed by atoms with Crippen molar-refractivity contribution < 1.29 is 4.79 Å². The fraction of sp³-hybridized carbons (Fsp3) is 0.462. The number of aryl methyl sites for hydroxylation is 2. The Balaban J connectivity index is 0.00000289. The van der Waals surface area contributed by atoms with Gasteiger partial charge in [0, 0.05) is 16.2 Å². The first-order valence-corrected chi connectivity index (χ1v) is 6.45. The molecule has 0 heterocycles. The summed E-state index contributed by atoms with van der Waals surface area (Å²) in [5.41, 5.74) is 8.74. The van der Waals surface area contributed by atoms with E-state index in [9.17, 15) is 4.79 Å². The molecule has 5 heteroatoms. The van der Waals surface area contributed by atoms with Crippen molar-refractivity contribution in [3.63, 3.8) is 0 Å². The first-order valence-electron chi connectivity index (χ1n) is 5.66. The van der Waals surface area contributed by atoms with Gasteiger partial charge in [0.2, 0.25) is 5.91 Å². The van der Waals surface area contributed by atoms with Crippen molar-refractivity contribution in [1.82, 2.24) is 0 Å². The van der Waals surface area contributed by atoms with Crippen molar-refractivity contribution in [3.05, 3.63) is 27.7 Å². The lowest BCUT2D eigenvalue weighted by Crippen LogP contribution is -2.34. The number of halogens is 2. The Morgan fingerprint density at radius 1 is 1.28 bits per heavy atom. The Morgan fingerprint density at radius 2 is 1.72 bits per heavy atom. The van der Waals surface area contributed by atoms with Gasteiger partial charge in [-0.05, 0) is 44.0 Å². The Bertz CT molecular complexity index is 412. The number of anilines is 1. The van der Waals surface area contributed by atoms with Crippen LogP contribution in [-0.4, -0.2) is 11.9 Å². The quantitative estimate of drug-likeness (QED) is 0.889. The topological polar surface area (TPSA) is 55.1 Å². The standard InChI is InChI=1S/C13H19BrN2O.ClH/c1-7-5-11(6-8(2)12(7)14)16-13(17)9(3)10(4)15;/h5-6,9-10H,15H2,1-4H3,(H,16,17);1H. The zero-order chi connectivity index (χ0) is 13.2. The number of nitrogens with one attached hydrogen (secondary N) is 1. The molecule has 0 radical (unpaired) electrons. The molecule has 0 spiro atoms. The third kappa shape index (κ3) is 4.26. The lowest BCUT2D eigenvalue weighted by atomic mass is 10.0. The van der Waals surface area contributed by atoms with Crippen LogP contribution in [-0.2, 0) is 4.79 Å². The van der Waals surface area contributed by atoms with Gasteiger partial charge in [-0.25, -0.2) is 0 Å². The second-order valence-corrected chi connectivity index (χ2v) is 5.35. The number of benzene rings is 1. The summed E-state index contributed by atoms with van der Waals surface area (Å²) in [7, 11) is 0. The molecule has 0 aromatic heterocycles. The molecule has 1 aromatic carbocycles. The summed E-state index contributed by atoms with van der Waals surface area (Å²) in [5.74, 6) is -0.236. The summed E-state index contributed by atoms with van der Waals surface area (Å²) in [6, 6.07) is 3.75. The number of hydrogen-bond donors (Lipinski definition) is 2. The summed E-state index contributed by atoms with van der Waals surface area (Å²) < 4.78 is 1.08. The first-order chi connectivity index (χ1) is 7.82. The van der Waals surface area contributed by atoms with Crippen LogP contribution in [0.25, 0.3) is 0 Å². The van der Waals surface area contributed by atoms with E-state index in [1.807, 2.05) is 39.8 Å². The molecule has 3 N–H and O–H groups in total. The molecule has 2 unspecified atom stereocenters. The van der Waals surface area contributed by atoms with E-state index >= 15 is 0 Å². The highest BCUT2D eigenvalue weighted by Gasteiger charge is 2.17. The van der Waals surface area contributed by atoms with Crippen LogP contribution in [0, 0.1) is 19.8 Å². The number of rotatable bonds is 3. The number of amides is 1. The summed E-state index contributed by atoms with van der Waals surface area (Å²) in [6.45, 7) is 7.67. The van der Waals surface area contributed by atoms with Crippen LogP contribution in [0.2, 0.25) is 0 Å². The van der Waals surface area contributed by atoms with Crippen LogP contribution in [0.3, 0.4) is 0 Å². The maximum Gasteiger partial charge on any atom is 0.228 e. The van der Waals surface area contributed by atoms with E-state index in [0.717, 1.165) is 21.3 Å². The molecule has 0 aliphatic heterocycles. The second-order valence-electron chi connectivity index (χ2n) is 4.56.